The third-order valence-electron chi connectivity index (χ3n) is 2.44. The number of carboxylic acid groups (broad SMARTS) is 1. The highest BCUT2D eigenvalue weighted by molar-refractivity contribution is 5.72. The van der Waals surface area contributed by atoms with Crippen LogP contribution in [0.15, 0.2) is 12.7 Å². The Labute approximate surface area is 92.5 Å². The highest BCUT2D eigenvalue weighted by Gasteiger charge is 2.36. The van der Waals surface area contributed by atoms with E-state index < -0.39 is 24.2 Å². The summed E-state index contributed by atoms with van der Waals surface area (Å²) in [6.45, 7) is 3.42. The Morgan fingerprint density at radius 3 is 2.81 bits per heavy atom. The smallest absolute Gasteiger partial charge is 0.410 e. The second kappa shape index (κ2) is 5.48. The van der Waals surface area contributed by atoms with Crippen molar-refractivity contribution in [3.63, 3.8) is 0 Å². The molecule has 0 bridgehead atoms. The molecule has 5 nitrogen and oxygen atoms in total. The first-order chi connectivity index (χ1) is 7.56. The molecule has 1 heterocycles. The Hall–Kier alpha value is -1.59. The number of amides is 1. The SMILES string of the molecule is C=CCOC(=O)N1CCC(C(=O)O)C(F)C1. The molecule has 1 N–H and O–H groups in total. The molecule has 0 aromatic rings. The summed E-state index contributed by atoms with van der Waals surface area (Å²) in [7, 11) is 0. The van der Waals surface area contributed by atoms with Crippen molar-refractivity contribution in [3.8, 4) is 0 Å². The standard InChI is InChI=1S/C10H14FNO4/c1-2-5-16-10(15)12-4-3-7(9(13)14)8(11)6-12/h2,7-8H,1,3-6H2,(H,13,14). The van der Waals surface area contributed by atoms with Crippen molar-refractivity contribution in [2.45, 2.75) is 12.6 Å². The Kier molecular flexibility index (Phi) is 4.28. The minimum Gasteiger partial charge on any atom is -0.481 e. The summed E-state index contributed by atoms with van der Waals surface area (Å²) in [5.41, 5.74) is 0. The molecule has 0 saturated carbocycles. The van der Waals surface area contributed by atoms with Crippen LogP contribution >= 0.6 is 0 Å². The van der Waals surface area contributed by atoms with E-state index in [1.54, 1.807) is 0 Å². The van der Waals surface area contributed by atoms with Gasteiger partial charge in [0.15, 0.2) is 0 Å². The summed E-state index contributed by atoms with van der Waals surface area (Å²) in [6.07, 6.45) is -0.650. The fourth-order valence-electron chi connectivity index (χ4n) is 1.57. The highest BCUT2D eigenvalue weighted by atomic mass is 19.1. The fourth-order valence-corrected chi connectivity index (χ4v) is 1.57. The molecule has 1 aliphatic heterocycles. The van der Waals surface area contributed by atoms with Gasteiger partial charge in [-0.3, -0.25) is 4.79 Å². The number of halogens is 1. The number of hydrogen-bond acceptors (Lipinski definition) is 3. The van der Waals surface area contributed by atoms with E-state index in [9.17, 15) is 14.0 Å². The molecule has 1 saturated heterocycles. The molecule has 0 spiro atoms. The topological polar surface area (TPSA) is 66.8 Å². The number of aliphatic carboxylic acids is 1. The van der Waals surface area contributed by atoms with E-state index in [0.717, 1.165) is 0 Å². The van der Waals surface area contributed by atoms with Crippen LogP contribution in [0.1, 0.15) is 6.42 Å². The van der Waals surface area contributed by atoms with Gasteiger partial charge in [0.2, 0.25) is 0 Å². The van der Waals surface area contributed by atoms with E-state index >= 15 is 0 Å². The molecule has 0 aromatic heterocycles. The van der Waals surface area contributed by atoms with Crippen molar-refractivity contribution in [2.75, 3.05) is 19.7 Å². The lowest BCUT2D eigenvalue weighted by atomic mass is 9.95. The molecule has 0 radical (unpaired) electrons. The molecule has 6 heteroatoms. The summed E-state index contributed by atoms with van der Waals surface area (Å²) in [5.74, 6) is -2.19. The molecular weight excluding hydrogens is 217 g/mol. The maximum atomic E-state index is 13.4. The van der Waals surface area contributed by atoms with E-state index in [2.05, 4.69) is 6.58 Å². The number of rotatable bonds is 3. The maximum absolute atomic E-state index is 13.4. The second-order valence-electron chi connectivity index (χ2n) is 3.56. The summed E-state index contributed by atoms with van der Waals surface area (Å²) in [5, 5.41) is 8.69. The van der Waals surface area contributed by atoms with Crippen LogP contribution in [0.25, 0.3) is 0 Å². The van der Waals surface area contributed by atoms with E-state index in [-0.39, 0.29) is 26.1 Å². The van der Waals surface area contributed by atoms with Gasteiger partial charge in [-0.25, -0.2) is 9.18 Å². The lowest BCUT2D eigenvalue weighted by Gasteiger charge is -2.31. The second-order valence-corrected chi connectivity index (χ2v) is 3.56. The van der Waals surface area contributed by atoms with Crippen LogP contribution in [-0.2, 0) is 9.53 Å². The molecule has 90 valence electrons. The zero-order valence-electron chi connectivity index (χ0n) is 8.76. The first kappa shape index (κ1) is 12.5. The third-order valence-corrected chi connectivity index (χ3v) is 2.44. The van der Waals surface area contributed by atoms with Crippen molar-refractivity contribution in [2.24, 2.45) is 5.92 Å². The van der Waals surface area contributed by atoms with Crippen LogP contribution in [0, 0.1) is 5.92 Å². The van der Waals surface area contributed by atoms with Crippen LogP contribution < -0.4 is 0 Å². The predicted octanol–water partition coefficient (Wildman–Crippen LogP) is 1.05. The van der Waals surface area contributed by atoms with Crippen LogP contribution in [-0.4, -0.2) is 47.9 Å². The van der Waals surface area contributed by atoms with E-state index in [0.29, 0.717) is 0 Å². The zero-order valence-corrected chi connectivity index (χ0v) is 8.76. The van der Waals surface area contributed by atoms with Gasteiger partial charge in [0, 0.05) is 6.54 Å². The first-order valence-corrected chi connectivity index (χ1v) is 4.95. The number of carbonyl (C=O) groups excluding carboxylic acids is 1. The molecule has 2 unspecified atom stereocenters. The average molecular weight is 231 g/mol. The van der Waals surface area contributed by atoms with Crippen molar-refractivity contribution >= 4 is 12.1 Å². The molecule has 1 amide bonds. The Bertz CT molecular complexity index is 295. The summed E-state index contributed by atoms with van der Waals surface area (Å²) < 4.78 is 18.1. The normalized spacial score (nSPS) is 24.9. The Morgan fingerprint density at radius 2 is 2.31 bits per heavy atom. The lowest BCUT2D eigenvalue weighted by molar-refractivity contribution is -0.146. The number of hydrogen-bond donors (Lipinski definition) is 1. The maximum Gasteiger partial charge on any atom is 0.410 e. The van der Waals surface area contributed by atoms with Crippen LogP contribution in [0.5, 0.6) is 0 Å². The molecule has 16 heavy (non-hydrogen) atoms. The number of ether oxygens (including phenoxy) is 1. The van der Waals surface area contributed by atoms with Gasteiger partial charge >= 0.3 is 12.1 Å². The van der Waals surface area contributed by atoms with Crippen LogP contribution in [0.3, 0.4) is 0 Å². The third kappa shape index (κ3) is 2.95. The molecule has 1 aliphatic rings. The first-order valence-electron chi connectivity index (χ1n) is 4.95. The van der Waals surface area contributed by atoms with Crippen LogP contribution in [0.4, 0.5) is 9.18 Å². The zero-order chi connectivity index (χ0) is 12.1. The molecule has 1 rings (SSSR count). The van der Waals surface area contributed by atoms with Crippen molar-refractivity contribution in [1.82, 2.24) is 4.90 Å². The number of piperidine rings is 1. The van der Waals surface area contributed by atoms with Gasteiger partial charge in [-0.1, -0.05) is 12.7 Å². The minimum atomic E-state index is -1.54. The fraction of sp³-hybridized carbons (Fsp3) is 0.600. The van der Waals surface area contributed by atoms with Gasteiger partial charge in [-0.15, -0.1) is 0 Å². The largest absolute Gasteiger partial charge is 0.481 e. The van der Waals surface area contributed by atoms with Crippen molar-refractivity contribution in [1.29, 1.82) is 0 Å². The van der Waals surface area contributed by atoms with E-state index in [4.69, 9.17) is 9.84 Å². The number of carbonyl (C=O) groups is 2. The Balaban J connectivity index is 2.47. The van der Waals surface area contributed by atoms with Crippen molar-refractivity contribution < 1.29 is 23.8 Å². The average Bonchev–Trinajstić information content (AvgIpc) is 2.25. The van der Waals surface area contributed by atoms with Gasteiger partial charge in [0.25, 0.3) is 0 Å². The number of alkyl halides is 1. The predicted molar refractivity (Wildman–Crippen MR) is 53.8 cm³/mol. The molecule has 1 fully saturated rings. The van der Waals surface area contributed by atoms with Crippen LogP contribution in [0.2, 0.25) is 0 Å². The summed E-state index contributed by atoms with van der Waals surface area (Å²) in [6, 6.07) is 0. The van der Waals surface area contributed by atoms with E-state index in [1.165, 1.54) is 11.0 Å². The molecule has 0 aromatic carbocycles. The Morgan fingerprint density at radius 1 is 1.62 bits per heavy atom. The minimum absolute atomic E-state index is 0.0641. The van der Waals surface area contributed by atoms with Gasteiger partial charge in [0.1, 0.15) is 12.8 Å². The summed E-state index contributed by atoms with van der Waals surface area (Å²) in [4.78, 5) is 23.1. The van der Waals surface area contributed by atoms with Gasteiger partial charge < -0.3 is 14.7 Å². The van der Waals surface area contributed by atoms with Crippen molar-refractivity contribution in [3.05, 3.63) is 12.7 Å². The van der Waals surface area contributed by atoms with Gasteiger partial charge in [-0.2, -0.15) is 0 Å². The summed E-state index contributed by atoms with van der Waals surface area (Å²) >= 11 is 0. The van der Waals surface area contributed by atoms with Gasteiger partial charge in [0.05, 0.1) is 12.5 Å². The number of carboxylic acids is 1. The van der Waals surface area contributed by atoms with E-state index in [1.807, 2.05) is 0 Å². The molecule has 0 aliphatic carbocycles. The molecular formula is C10H14FNO4. The number of nitrogens with zero attached hydrogens (tertiary/aromatic N) is 1. The quantitative estimate of drug-likeness (QED) is 0.737. The number of likely N-dealkylation sites (tertiary alicyclic amines) is 1. The molecule has 2 atom stereocenters. The highest BCUT2D eigenvalue weighted by Crippen LogP contribution is 2.21. The monoisotopic (exact) mass is 231 g/mol. The lowest BCUT2D eigenvalue weighted by Crippen LogP contribution is -2.47. The van der Waals surface area contributed by atoms with Gasteiger partial charge in [-0.05, 0) is 6.42 Å².